The van der Waals surface area contributed by atoms with Gasteiger partial charge in [0.15, 0.2) is 6.10 Å². The highest BCUT2D eigenvalue weighted by atomic mass is 79.9. The molecule has 1 heterocycles. The summed E-state index contributed by atoms with van der Waals surface area (Å²) >= 11 is 4.82. The van der Waals surface area contributed by atoms with E-state index < -0.39 is 12.1 Å². The van der Waals surface area contributed by atoms with E-state index in [0.717, 1.165) is 34.2 Å². The van der Waals surface area contributed by atoms with Gasteiger partial charge in [0.25, 0.3) is 5.91 Å². The monoisotopic (exact) mass is 423 g/mol. The highest BCUT2D eigenvalue weighted by Gasteiger charge is 2.29. The molecule has 1 aliphatic rings. The quantitative estimate of drug-likeness (QED) is 0.732. The molecule has 7 heteroatoms. The lowest BCUT2D eigenvalue weighted by Crippen LogP contribution is -2.30. The van der Waals surface area contributed by atoms with Crippen molar-refractivity contribution >= 4 is 44.1 Å². The zero-order chi connectivity index (χ0) is 18.0. The summed E-state index contributed by atoms with van der Waals surface area (Å²) in [5, 5.41) is 3.38. The molecule has 0 saturated heterocycles. The van der Waals surface area contributed by atoms with Crippen molar-refractivity contribution < 1.29 is 19.1 Å². The molecule has 1 N–H and O–H groups in total. The Morgan fingerprint density at radius 2 is 2.12 bits per heavy atom. The first kappa shape index (κ1) is 17.9. The molecule has 25 heavy (non-hydrogen) atoms. The molecule has 1 aromatic heterocycles. The van der Waals surface area contributed by atoms with Crippen LogP contribution in [0, 0.1) is 0 Å². The fourth-order valence-corrected chi connectivity index (χ4v) is 4.48. The van der Waals surface area contributed by atoms with Crippen LogP contribution in [0.25, 0.3) is 0 Å². The lowest BCUT2D eigenvalue weighted by atomic mass is 10.1. The summed E-state index contributed by atoms with van der Waals surface area (Å²) in [5.41, 5.74) is 1.50. The van der Waals surface area contributed by atoms with E-state index in [1.807, 2.05) is 12.1 Å². The Morgan fingerprint density at radius 1 is 1.32 bits per heavy atom. The Morgan fingerprint density at radius 3 is 2.84 bits per heavy atom. The molecular weight excluding hydrogens is 406 g/mol. The maximum absolute atomic E-state index is 12.5. The molecule has 0 bridgehead atoms. The van der Waals surface area contributed by atoms with Crippen molar-refractivity contribution in [3.8, 4) is 5.75 Å². The Bertz CT molecular complexity index is 817. The van der Waals surface area contributed by atoms with Crippen molar-refractivity contribution in [3.63, 3.8) is 0 Å². The predicted octanol–water partition coefficient (Wildman–Crippen LogP) is 4.19. The lowest BCUT2D eigenvalue weighted by molar-refractivity contribution is -0.122. The molecule has 1 aromatic carbocycles. The minimum absolute atomic E-state index is 0.301. The first-order valence-electron chi connectivity index (χ1n) is 7.95. The van der Waals surface area contributed by atoms with Crippen LogP contribution in [0.1, 0.15) is 34.1 Å². The molecule has 0 aliphatic heterocycles. The third-order valence-corrected chi connectivity index (χ3v) is 5.73. The fourth-order valence-electron chi connectivity index (χ4n) is 2.82. The average Bonchev–Trinajstić information content (AvgIpc) is 3.14. The molecule has 3 rings (SSSR count). The van der Waals surface area contributed by atoms with Crippen LogP contribution in [0.2, 0.25) is 0 Å². The number of amides is 1. The maximum atomic E-state index is 12.5. The number of hydrogen-bond acceptors (Lipinski definition) is 5. The van der Waals surface area contributed by atoms with Gasteiger partial charge in [-0.05, 0) is 49.9 Å². The zero-order valence-electron chi connectivity index (χ0n) is 13.9. The number of benzene rings is 1. The molecule has 0 fully saturated rings. The molecule has 0 saturated carbocycles. The zero-order valence-corrected chi connectivity index (χ0v) is 16.3. The number of hydrogen-bond donors (Lipinski definition) is 1. The number of nitrogens with one attached hydrogen (secondary N) is 1. The molecule has 2 aromatic rings. The van der Waals surface area contributed by atoms with Gasteiger partial charge >= 0.3 is 5.97 Å². The van der Waals surface area contributed by atoms with Gasteiger partial charge in [-0.1, -0.05) is 22.0 Å². The smallest absolute Gasteiger partial charge is 0.341 e. The normalized spacial score (nSPS) is 13.9. The van der Waals surface area contributed by atoms with Gasteiger partial charge in [-0.25, -0.2) is 4.79 Å². The van der Waals surface area contributed by atoms with Crippen LogP contribution in [0.4, 0.5) is 5.00 Å². The van der Waals surface area contributed by atoms with E-state index in [1.165, 1.54) is 18.4 Å². The standard InChI is InChI=1S/C18H18BrNO4S/c1-10(24-12-6-3-5-11(19)9-12)16(21)20-17-15(18(22)23-2)13-7-4-8-14(13)25-17/h3,5-6,9-10H,4,7-8H2,1-2H3,(H,20,21). The molecule has 1 unspecified atom stereocenters. The van der Waals surface area contributed by atoms with Crippen molar-refractivity contribution in [2.75, 3.05) is 12.4 Å². The molecule has 0 radical (unpaired) electrons. The third-order valence-electron chi connectivity index (χ3n) is 4.03. The van der Waals surface area contributed by atoms with Crippen molar-refractivity contribution in [2.45, 2.75) is 32.3 Å². The molecule has 0 spiro atoms. The molecule has 1 atom stereocenters. The third kappa shape index (κ3) is 3.88. The number of halogens is 1. The molecule has 1 aliphatic carbocycles. The largest absolute Gasteiger partial charge is 0.481 e. The number of ether oxygens (including phenoxy) is 2. The van der Waals surface area contributed by atoms with Crippen molar-refractivity contribution in [1.82, 2.24) is 0 Å². The number of aryl methyl sites for hydroxylation is 1. The van der Waals surface area contributed by atoms with Crippen molar-refractivity contribution in [3.05, 3.63) is 44.7 Å². The van der Waals surface area contributed by atoms with Crippen LogP contribution in [0.15, 0.2) is 28.7 Å². The van der Waals surface area contributed by atoms with Gasteiger partial charge in [0.05, 0.1) is 12.7 Å². The van der Waals surface area contributed by atoms with Crippen LogP contribution < -0.4 is 10.1 Å². The van der Waals surface area contributed by atoms with E-state index in [0.29, 0.717) is 16.3 Å². The minimum atomic E-state index is -0.697. The van der Waals surface area contributed by atoms with Crippen LogP contribution >= 0.6 is 27.3 Å². The summed E-state index contributed by atoms with van der Waals surface area (Å²) in [7, 11) is 1.35. The maximum Gasteiger partial charge on any atom is 0.341 e. The highest BCUT2D eigenvalue weighted by molar-refractivity contribution is 9.10. The SMILES string of the molecule is COC(=O)c1c(NC(=O)C(C)Oc2cccc(Br)c2)sc2c1CCC2. The summed E-state index contributed by atoms with van der Waals surface area (Å²) in [6.45, 7) is 1.68. The van der Waals surface area contributed by atoms with Crippen LogP contribution in [0.5, 0.6) is 5.75 Å². The number of methoxy groups -OCH3 is 1. The van der Waals surface area contributed by atoms with E-state index >= 15 is 0 Å². The summed E-state index contributed by atoms with van der Waals surface area (Å²) in [6, 6.07) is 7.30. The lowest BCUT2D eigenvalue weighted by Gasteiger charge is -2.15. The van der Waals surface area contributed by atoms with Gasteiger partial charge in [0, 0.05) is 9.35 Å². The predicted molar refractivity (Wildman–Crippen MR) is 101 cm³/mol. The molecule has 5 nitrogen and oxygen atoms in total. The Hall–Kier alpha value is -1.86. The van der Waals surface area contributed by atoms with Crippen molar-refractivity contribution in [2.24, 2.45) is 0 Å². The first-order valence-corrected chi connectivity index (χ1v) is 9.56. The number of esters is 1. The average molecular weight is 424 g/mol. The number of carbonyl (C=O) groups excluding carboxylic acids is 2. The topological polar surface area (TPSA) is 64.6 Å². The number of rotatable bonds is 5. The summed E-state index contributed by atoms with van der Waals surface area (Å²) in [4.78, 5) is 25.8. The second-order valence-electron chi connectivity index (χ2n) is 5.76. The summed E-state index contributed by atoms with van der Waals surface area (Å²) in [6.07, 6.45) is 2.11. The molecular formula is C18H18BrNO4S. The van der Waals surface area contributed by atoms with Crippen LogP contribution in [-0.2, 0) is 22.4 Å². The number of carbonyl (C=O) groups is 2. The second-order valence-corrected chi connectivity index (χ2v) is 7.78. The van der Waals surface area contributed by atoms with Gasteiger partial charge in [-0.3, -0.25) is 4.79 Å². The van der Waals surface area contributed by atoms with Gasteiger partial charge < -0.3 is 14.8 Å². The molecule has 132 valence electrons. The highest BCUT2D eigenvalue weighted by Crippen LogP contribution is 2.39. The van der Waals surface area contributed by atoms with E-state index in [9.17, 15) is 9.59 Å². The van der Waals surface area contributed by atoms with Gasteiger partial charge in [0.2, 0.25) is 0 Å². The van der Waals surface area contributed by atoms with E-state index in [-0.39, 0.29) is 5.91 Å². The van der Waals surface area contributed by atoms with Crippen LogP contribution in [0.3, 0.4) is 0 Å². The Balaban J connectivity index is 1.75. The number of anilines is 1. The number of fused-ring (bicyclic) bond motifs is 1. The summed E-state index contributed by atoms with van der Waals surface area (Å²) in [5.74, 6) is -0.112. The van der Waals surface area contributed by atoms with E-state index in [4.69, 9.17) is 9.47 Å². The van der Waals surface area contributed by atoms with Crippen LogP contribution in [-0.4, -0.2) is 25.1 Å². The van der Waals surface area contributed by atoms with Crippen molar-refractivity contribution in [1.29, 1.82) is 0 Å². The number of thiophene rings is 1. The van der Waals surface area contributed by atoms with E-state index in [2.05, 4.69) is 21.2 Å². The Kier molecular flexibility index (Phi) is 5.44. The second kappa shape index (κ2) is 7.58. The molecule has 1 amide bonds. The fraction of sp³-hybridized carbons (Fsp3) is 0.333. The first-order chi connectivity index (χ1) is 12.0. The van der Waals surface area contributed by atoms with Gasteiger partial charge in [-0.15, -0.1) is 11.3 Å². The summed E-state index contributed by atoms with van der Waals surface area (Å²) < 4.78 is 11.4. The minimum Gasteiger partial charge on any atom is -0.481 e. The van der Waals surface area contributed by atoms with Gasteiger partial charge in [-0.2, -0.15) is 0 Å². The van der Waals surface area contributed by atoms with Gasteiger partial charge in [0.1, 0.15) is 10.8 Å². The Labute approximate surface area is 158 Å². The van der Waals surface area contributed by atoms with E-state index in [1.54, 1.807) is 19.1 Å².